The molecule has 0 spiro atoms. The first-order valence-corrected chi connectivity index (χ1v) is 9.58. The average molecular weight is 390 g/mol. The van der Waals surface area contributed by atoms with Crippen LogP contribution in [0.2, 0.25) is 0 Å². The second-order valence-corrected chi connectivity index (χ2v) is 6.98. The van der Waals surface area contributed by atoms with E-state index in [-0.39, 0.29) is 17.9 Å². The van der Waals surface area contributed by atoms with Crippen molar-refractivity contribution in [2.24, 2.45) is 7.05 Å². The number of benzene rings is 1. The van der Waals surface area contributed by atoms with Gasteiger partial charge in [0.1, 0.15) is 6.33 Å². The zero-order valence-corrected chi connectivity index (χ0v) is 16.2. The molecular weight excluding hydrogens is 368 g/mol. The smallest absolute Gasteiger partial charge is 0.255 e. The van der Waals surface area contributed by atoms with Crippen molar-refractivity contribution >= 4 is 17.4 Å². The summed E-state index contributed by atoms with van der Waals surface area (Å²) in [5.41, 5.74) is 2.45. The Hall–Kier alpha value is -3.55. The molecule has 1 fully saturated rings. The molecule has 1 aromatic carbocycles. The lowest BCUT2D eigenvalue weighted by Gasteiger charge is -2.18. The van der Waals surface area contributed by atoms with Gasteiger partial charge in [-0.1, -0.05) is 12.1 Å². The van der Waals surface area contributed by atoms with Gasteiger partial charge in [0.2, 0.25) is 5.95 Å². The molecular formula is C21H22N6O2. The first-order valence-electron chi connectivity index (χ1n) is 9.58. The zero-order chi connectivity index (χ0) is 20.2. The lowest BCUT2D eigenvalue weighted by atomic mass is 10.1. The van der Waals surface area contributed by atoms with Crippen LogP contribution >= 0.6 is 0 Å². The van der Waals surface area contributed by atoms with Crippen LogP contribution in [0.15, 0.2) is 53.7 Å². The van der Waals surface area contributed by atoms with Gasteiger partial charge in [-0.3, -0.25) is 14.2 Å². The van der Waals surface area contributed by atoms with Gasteiger partial charge in [-0.05, 0) is 31.0 Å². The van der Waals surface area contributed by atoms with Crippen molar-refractivity contribution < 1.29 is 4.79 Å². The third kappa shape index (κ3) is 4.16. The molecule has 148 valence electrons. The average Bonchev–Trinajstić information content (AvgIpc) is 3.30. The van der Waals surface area contributed by atoms with Crippen molar-refractivity contribution in [2.75, 3.05) is 29.9 Å². The number of rotatable bonds is 6. The predicted octanol–water partition coefficient (Wildman–Crippen LogP) is 2.13. The van der Waals surface area contributed by atoms with Crippen LogP contribution in [0.5, 0.6) is 0 Å². The molecule has 29 heavy (non-hydrogen) atoms. The highest BCUT2D eigenvalue weighted by molar-refractivity contribution is 5.99. The molecule has 3 aromatic rings. The summed E-state index contributed by atoms with van der Waals surface area (Å²) in [7, 11) is 1.61. The number of Topliss-reactive ketones (excluding diaryl/α,β-unsaturated/α-hetero) is 1. The minimum atomic E-state index is -0.236. The predicted molar refractivity (Wildman–Crippen MR) is 111 cm³/mol. The van der Waals surface area contributed by atoms with Gasteiger partial charge in [-0.15, -0.1) is 0 Å². The maximum atomic E-state index is 12.7. The van der Waals surface area contributed by atoms with Crippen LogP contribution in [0.4, 0.5) is 11.6 Å². The Bertz CT molecular complexity index is 1070. The van der Waals surface area contributed by atoms with E-state index in [1.807, 2.05) is 24.3 Å². The lowest BCUT2D eigenvalue weighted by Crippen LogP contribution is -2.25. The number of carbonyl (C=O) groups excluding carboxylic acids is 1. The molecule has 0 saturated carbocycles. The summed E-state index contributed by atoms with van der Waals surface area (Å²) in [6.45, 7) is 2.09. The maximum Gasteiger partial charge on any atom is 0.255 e. The molecule has 0 bridgehead atoms. The number of aromatic nitrogens is 4. The van der Waals surface area contributed by atoms with Crippen molar-refractivity contribution in [2.45, 2.75) is 12.8 Å². The number of carbonyl (C=O) groups is 1. The fourth-order valence-electron chi connectivity index (χ4n) is 3.38. The fraction of sp³-hybridized carbons (Fsp3) is 0.286. The van der Waals surface area contributed by atoms with Crippen LogP contribution in [0.1, 0.15) is 23.2 Å². The van der Waals surface area contributed by atoms with Gasteiger partial charge in [-0.2, -0.15) is 0 Å². The number of nitrogens with zero attached hydrogens (tertiary/aromatic N) is 5. The molecule has 4 rings (SSSR count). The minimum absolute atomic E-state index is 0.0387. The third-order valence-electron chi connectivity index (χ3n) is 5.03. The summed E-state index contributed by atoms with van der Waals surface area (Å²) in [6, 6.07) is 10.8. The molecule has 1 aliphatic heterocycles. The van der Waals surface area contributed by atoms with Crippen molar-refractivity contribution in [3.05, 3.63) is 64.8 Å². The summed E-state index contributed by atoms with van der Waals surface area (Å²) in [5.74, 6) is 0.253. The van der Waals surface area contributed by atoms with Gasteiger partial charge in [0.25, 0.3) is 5.56 Å². The molecule has 0 aliphatic carbocycles. The number of anilines is 2. The first-order chi connectivity index (χ1) is 14.1. The Morgan fingerprint density at radius 2 is 1.97 bits per heavy atom. The van der Waals surface area contributed by atoms with Gasteiger partial charge in [0.05, 0.1) is 17.9 Å². The molecule has 0 radical (unpaired) electrons. The third-order valence-corrected chi connectivity index (χ3v) is 5.03. The summed E-state index contributed by atoms with van der Waals surface area (Å²) >= 11 is 0. The van der Waals surface area contributed by atoms with E-state index in [0.29, 0.717) is 22.9 Å². The number of nitrogens with one attached hydrogen (secondary N) is 1. The van der Waals surface area contributed by atoms with Crippen LogP contribution in [-0.2, 0) is 7.05 Å². The van der Waals surface area contributed by atoms with E-state index >= 15 is 0 Å². The second-order valence-electron chi connectivity index (χ2n) is 6.98. The zero-order valence-electron chi connectivity index (χ0n) is 16.2. The number of hydrogen-bond donors (Lipinski definition) is 1. The molecule has 0 amide bonds. The van der Waals surface area contributed by atoms with Gasteiger partial charge in [-0.25, -0.2) is 15.0 Å². The second kappa shape index (κ2) is 8.22. The molecule has 8 nitrogen and oxygen atoms in total. The van der Waals surface area contributed by atoms with Crippen molar-refractivity contribution in [1.82, 2.24) is 19.5 Å². The Balaban J connectivity index is 1.51. The summed E-state index contributed by atoms with van der Waals surface area (Å²) in [5, 5.41) is 3.00. The van der Waals surface area contributed by atoms with Gasteiger partial charge in [0.15, 0.2) is 5.78 Å². The Kier molecular flexibility index (Phi) is 5.33. The van der Waals surface area contributed by atoms with Crippen LogP contribution in [0.25, 0.3) is 11.4 Å². The van der Waals surface area contributed by atoms with E-state index < -0.39 is 0 Å². The van der Waals surface area contributed by atoms with Crippen molar-refractivity contribution in [1.29, 1.82) is 0 Å². The highest BCUT2D eigenvalue weighted by Gasteiger charge is 2.15. The quantitative estimate of drug-likeness (QED) is 0.645. The first kappa shape index (κ1) is 18.8. The van der Waals surface area contributed by atoms with E-state index in [2.05, 4.69) is 25.2 Å². The molecule has 1 aliphatic rings. The maximum absolute atomic E-state index is 12.7. The SMILES string of the molecule is Cn1c(NCC(=O)c2cccc(N3CCCC3)c2)nc(-c2ccncn2)cc1=O. The van der Waals surface area contributed by atoms with Gasteiger partial charge >= 0.3 is 0 Å². The normalized spacial score (nSPS) is 13.5. The summed E-state index contributed by atoms with van der Waals surface area (Å²) < 4.78 is 1.37. The number of hydrogen-bond acceptors (Lipinski definition) is 7. The van der Waals surface area contributed by atoms with Gasteiger partial charge < -0.3 is 10.2 Å². The molecule has 8 heteroatoms. The highest BCUT2D eigenvalue weighted by atomic mass is 16.1. The highest BCUT2D eigenvalue weighted by Crippen LogP contribution is 2.21. The van der Waals surface area contributed by atoms with E-state index in [1.54, 1.807) is 19.3 Å². The van der Waals surface area contributed by atoms with Crippen molar-refractivity contribution in [3.63, 3.8) is 0 Å². The fourth-order valence-corrected chi connectivity index (χ4v) is 3.38. The lowest BCUT2D eigenvalue weighted by molar-refractivity contribution is 0.101. The topological polar surface area (TPSA) is 93.0 Å². The molecule has 0 unspecified atom stereocenters. The van der Waals surface area contributed by atoms with Crippen LogP contribution in [0.3, 0.4) is 0 Å². The Morgan fingerprint density at radius 1 is 1.14 bits per heavy atom. The molecule has 1 N–H and O–H groups in total. The largest absolute Gasteiger partial charge is 0.372 e. The van der Waals surface area contributed by atoms with Crippen molar-refractivity contribution in [3.8, 4) is 11.4 Å². The van der Waals surface area contributed by atoms with E-state index in [4.69, 9.17) is 0 Å². The minimum Gasteiger partial charge on any atom is -0.372 e. The molecule has 2 aromatic heterocycles. The monoisotopic (exact) mass is 390 g/mol. The number of ketones is 1. The van der Waals surface area contributed by atoms with Crippen LogP contribution < -0.4 is 15.8 Å². The van der Waals surface area contributed by atoms with Crippen LogP contribution in [0, 0.1) is 0 Å². The standard InChI is InChI=1S/C21H22N6O2/c1-26-20(29)12-18(17-7-8-22-14-24-17)25-21(26)23-13-19(28)15-5-4-6-16(11-15)27-9-2-3-10-27/h4-8,11-12,14H,2-3,9-10,13H2,1H3,(H,23,25). The Labute approximate surface area is 168 Å². The molecule has 3 heterocycles. The van der Waals surface area contributed by atoms with E-state index in [1.165, 1.54) is 29.8 Å². The van der Waals surface area contributed by atoms with E-state index in [9.17, 15) is 9.59 Å². The molecule has 0 atom stereocenters. The van der Waals surface area contributed by atoms with Crippen LogP contribution in [-0.4, -0.2) is 44.9 Å². The molecule has 1 saturated heterocycles. The van der Waals surface area contributed by atoms with Gasteiger partial charge in [0, 0.05) is 43.7 Å². The summed E-state index contributed by atoms with van der Waals surface area (Å²) in [6.07, 6.45) is 5.36. The Morgan fingerprint density at radius 3 is 2.72 bits per heavy atom. The van der Waals surface area contributed by atoms with E-state index in [0.717, 1.165) is 18.8 Å². The summed E-state index contributed by atoms with van der Waals surface area (Å²) in [4.78, 5) is 39.8.